The summed E-state index contributed by atoms with van der Waals surface area (Å²) < 4.78 is 6.88. The standard InChI is InChI=1S/C13H24N2O3/c1-8(2)15-10(9(18-6)7-14-15)11(16)12(17)13(3,4)5/h7-8,11-12,16-17H,1-6H3. The normalized spacial score (nSPS) is 15.8. The van der Waals surface area contributed by atoms with Crippen LogP contribution in [0.25, 0.3) is 0 Å². The van der Waals surface area contributed by atoms with Gasteiger partial charge in [0, 0.05) is 6.04 Å². The summed E-state index contributed by atoms with van der Waals surface area (Å²) in [7, 11) is 1.53. The van der Waals surface area contributed by atoms with Crippen LogP contribution in [0.3, 0.4) is 0 Å². The molecule has 1 rings (SSSR count). The van der Waals surface area contributed by atoms with Crippen molar-refractivity contribution >= 4 is 0 Å². The second-order valence-corrected chi connectivity index (χ2v) is 5.89. The van der Waals surface area contributed by atoms with E-state index in [0.717, 1.165) is 0 Å². The Morgan fingerprint density at radius 2 is 1.83 bits per heavy atom. The first-order valence-corrected chi connectivity index (χ1v) is 6.17. The van der Waals surface area contributed by atoms with Gasteiger partial charge in [0.25, 0.3) is 0 Å². The Hall–Kier alpha value is -1.07. The predicted octanol–water partition coefficient (Wildman–Crippen LogP) is 1.91. The fourth-order valence-corrected chi connectivity index (χ4v) is 1.83. The first-order valence-electron chi connectivity index (χ1n) is 6.17. The fraction of sp³-hybridized carbons (Fsp3) is 0.769. The summed E-state index contributed by atoms with van der Waals surface area (Å²) in [4.78, 5) is 0. The van der Waals surface area contributed by atoms with Gasteiger partial charge in [0.05, 0.1) is 19.4 Å². The molecule has 0 bridgehead atoms. The maximum Gasteiger partial charge on any atom is 0.162 e. The zero-order valence-corrected chi connectivity index (χ0v) is 12.0. The van der Waals surface area contributed by atoms with Gasteiger partial charge in [-0.2, -0.15) is 5.10 Å². The lowest BCUT2D eigenvalue weighted by atomic mass is 9.84. The van der Waals surface area contributed by atoms with Crippen molar-refractivity contribution in [2.45, 2.75) is 52.9 Å². The van der Waals surface area contributed by atoms with E-state index in [4.69, 9.17) is 4.74 Å². The monoisotopic (exact) mass is 256 g/mol. The minimum atomic E-state index is -1.02. The molecule has 2 N–H and O–H groups in total. The fourth-order valence-electron chi connectivity index (χ4n) is 1.83. The van der Waals surface area contributed by atoms with Gasteiger partial charge >= 0.3 is 0 Å². The van der Waals surface area contributed by atoms with Gasteiger partial charge in [-0.3, -0.25) is 4.68 Å². The Labute approximate surface area is 108 Å². The first-order chi connectivity index (χ1) is 8.20. The third kappa shape index (κ3) is 2.84. The van der Waals surface area contributed by atoms with Crippen LogP contribution in [0.1, 0.15) is 52.5 Å². The number of hydrogen-bond acceptors (Lipinski definition) is 4. The van der Waals surface area contributed by atoms with Crippen LogP contribution in [0.2, 0.25) is 0 Å². The molecule has 18 heavy (non-hydrogen) atoms. The van der Waals surface area contributed by atoms with E-state index in [-0.39, 0.29) is 6.04 Å². The first kappa shape index (κ1) is 15.0. The van der Waals surface area contributed by atoms with Gasteiger partial charge in [-0.1, -0.05) is 20.8 Å². The molecule has 0 spiro atoms. The quantitative estimate of drug-likeness (QED) is 0.863. The van der Waals surface area contributed by atoms with Crippen molar-refractivity contribution in [2.75, 3.05) is 7.11 Å². The van der Waals surface area contributed by atoms with Crippen molar-refractivity contribution in [2.24, 2.45) is 5.41 Å². The molecule has 0 aliphatic carbocycles. The molecule has 0 aliphatic rings. The van der Waals surface area contributed by atoms with E-state index in [1.807, 2.05) is 34.6 Å². The third-order valence-electron chi connectivity index (χ3n) is 2.97. The number of ether oxygens (including phenoxy) is 1. The van der Waals surface area contributed by atoms with Crippen molar-refractivity contribution in [3.05, 3.63) is 11.9 Å². The molecule has 5 nitrogen and oxygen atoms in total. The Bertz CT molecular complexity index is 393. The summed E-state index contributed by atoms with van der Waals surface area (Å²) in [6.07, 6.45) is -0.348. The van der Waals surface area contributed by atoms with Crippen LogP contribution in [0, 0.1) is 5.41 Å². The highest BCUT2D eigenvalue weighted by Gasteiger charge is 2.34. The highest BCUT2D eigenvalue weighted by Crippen LogP contribution is 2.35. The van der Waals surface area contributed by atoms with E-state index in [1.165, 1.54) is 7.11 Å². The van der Waals surface area contributed by atoms with Gasteiger partial charge in [-0.05, 0) is 19.3 Å². The van der Waals surface area contributed by atoms with E-state index >= 15 is 0 Å². The molecule has 1 aromatic rings. The van der Waals surface area contributed by atoms with Crippen LogP contribution >= 0.6 is 0 Å². The number of rotatable bonds is 4. The van der Waals surface area contributed by atoms with Crippen LogP contribution < -0.4 is 4.74 Å². The smallest absolute Gasteiger partial charge is 0.162 e. The maximum absolute atomic E-state index is 10.4. The largest absolute Gasteiger partial charge is 0.493 e. The number of nitrogens with zero attached hydrogens (tertiary/aromatic N) is 2. The molecule has 0 radical (unpaired) electrons. The summed E-state index contributed by atoms with van der Waals surface area (Å²) in [5.41, 5.74) is 0.103. The number of methoxy groups -OCH3 is 1. The molecule has 2 atom stereocenters. The van der Waals surface area contributed by atoms with Crippen LogP contribution in [-0.2, 0) is 0 Å². The van der Waals surface area contributed by atoms with Crippen LogP contribution in [0.15, 0.2) is 6.20 Å². The summed E-state index contributed by atoms with van der Waals surface area (Å²) in [6, 6.07) is 0.0886. The van der Waals surface area contributed by atoms with Crippen LogP contribution in [0.5, 0.6) is 5.75 Å². The Kier molecular flexibility index (Phi) is 4.40. The highest BCUT2D eigenvalue weighted by atomic mass is 16.5. The summed E-state index contributed by atoms with van der Waals surface area (Å²) in [6.45, 7) is 9.56. The van der Waals surface area contributed by atoms with Gasteiger partial charge in [-0.25, -0.2) is 0 Å². The minimum absolute atomic E-state index is 0.0886. The summed E-state index contributed by atoms with van der Waals surface area (Å²) in [5.74, 6) is 0.500. The van der Waals surface area contributed by atoms with Crippen molar-refractivity contribution in [1.82, 2.24) is 9.78 Å². The zero-order valence-electron chi connectivity index (χ0n) is 12.0. The molecular weight excluding hydrogens is 232 g/mol. The molecule has 0 fully saturated rings. The van der Waals surface area contributed by atoms with Gasteiger partial charge in [0.15, 0.2) is 5.75 Å². The molecule has 104 valence electrons. The van der Waals surface area contributed by atoms with Crippen molar-refractivity contribution < 1.29 is 14.9 Å². The summed E-state index contributed by atoms with van der Waals surface area (Å²) >= 11 is 0. The summed E-state index contributed by atoms with van der Waals surface area (Å²) in [5, 5.41) is 24.8. The lowest BCUT2D eigenvalue weighted by Gasteiger charge is -2.31. The molecule has 1 heterocycles. The highest BCUT2D eigenvalue weighted by molar-refractivity contribution is 5.28. The number of aromatic nitrogens is 2. The average molecular weight is 256 g/mol. The molecule has 0 aliphatic heterocycles. The van der Waals surface area contributed by atoms with Gasteiger partial charge in [0.2, 0.25) is 0 Å². The molecule has 5 heteroatoms. The zero-order chi connectivity index (χ0) is 14.1. The lowest BCUT2D eigenvalue weighted by molar-refractivity contribution is -0.0507. The minimum Gasteiger partial charge on any atom is -0.493 e. The average Bonchev–Trinajstić information content (AvgIpc) is 2.69. The van der Waals surface area contributed by atoms with Gasteiger partial charge in [0.1, 0.15) is 11.8 Å². The predicted molar refractivity (Wildman–Crippen MR) is 69.6 cm³/mol. The number of hydrogen-bond donors (Lipinski definition) is 2. The molecular formula is C13H24N2O3. The van der Waals surface area contributed by atoms with E-state index < -0.39 is 17.6 Å². The van der Waals surface area contributed by atoms with Crippen LogP contribution in [0.4, 0.5) is 0 Å². The number of aliphatic hydroxyl groups excluding tert-OH is 2. The van der Waals surface area contributed by atoms with Crippen molar-refractivity contribution in [3.8, 4) is 5.75 Å². The third-order valence-corrected chi connectivity index (χ3v) is 2.97. The molecule has 0 amide bonds. The van der Waals surface area contributed by atoms with E-state index in [0.29, 0.717) is 11.4 Å². The molecule has 0 saturated heterocycles. The topological polar surface area (TPSA) is 67.5 Å². The lowest BCUT2D eigenvalue weighted by Crippen LogP contribution is -2.34. The van der Waals surface area contributed by atoms with Crippen molar-refractivity contribution in [3.63, 3.8) is 0 Å². The van der Waals surface area contributed by atoms with Gasteiger partial charge in [-0.15, -0.1) is 0 Å². The van der Waals surface area contributed by atoms with Gasteiger partial charge < -0.3 is 14.9 Å². The molecule has 0 aromatic carbocycles. The van der Waals surface area contributed by atoms with E-state index in [1.54, 1.807) is 10.9 Å². The molecule has 2 unspecified atom stereocenters. The van der Waals surface area contributed by atoms with E-state index in [9.17, 15) is 10.2 Å². The second-order valence-electron chi connectivity index (χ2n) is 5.89. The Morgan fingerprint density at radius 3 is 2.22 bits per heavy atom. The van der Waals surface area contributed by atoms with E-state index in [2.05, 4.69) is 5.10 Å². The number of aliphatic hydroxyl groups is 2. The molecule has 1 aromatic heterocycles. The Morgan fingerprint density at radius 1 is 1.28 bits per heavy atom. The Balaban J connectivity index is 3.18. The van der Waals surface area contributed by atoms with Crippen LogP contribution in [-0.4, -0.2) is 33.2 Å². The molecule has 0 saturated carbocycles. The SMILES string of the molecule is COc1cnn(C(C)C)c1C(O)C(O)C(C)(C)C. The van der Waals surface area contributed by atoms with Crippen molar-refractivity contribution in [1.29, 1.82) is 0 Å². The second kappa shape index (κ2) is 5.28. The maximum atomic E-state index is 10.4.